The predicted molar refractivity (Wildman–Crippen MR) is 108 cm³/mol. The van der Waals surface area contributed by atoms with Crippen LogP contribution in [0.15, 0.2) is 30.3 Å². The lowest BCUT2D eigenvalue weighted by Gasteiger charge is -2.49. The molecule has 0 saturated heterocycles. The molecule has 0 spiro atoms. The van der Waals surface area contributed by atoms with Gasteiger partial charge in [0.25, 0.3) is 0 Å². The molecule has 1 saturated carbocycles. The first-order valence-corrected chi connectivity index (χ1v) is 12.5. The number of rotatable bonds is 5. The molecule has 5 heteroatoms. The summed E-state index contributed by atoms with van der Waals surface area (Å²) in [6.45, 7) is 11.1. The fourth-order valence-electron chi connectivity index (χ4n) is 3.73. The van der Waals surface area contributed by atoms with Crippen LogP contribution in [0.1, 0.15) is 58.1 Å². The van der Waals surface area contributed by atoms with Crippen molar-refractivity contribution in [3.05, 3.63) is 35.9 Å². The molecule has 2 N–H and O–H groups in total. The van der Waals surface area contributed by atoms with Gasteiger partial charge < -0.3 is 14.9 Å². The molecular formula is C21H35NO3Si. The smallest absolute Gasteiger partial charge is 0.316 e. The number of hydrogen-bond donors (Lipinski definition) is 1. The van der Waals surface area contributed by atoms with E-state index in [0.717, 1.165) is 24.8 Å². The molecule has 3 atom stereocenters. The van der Waals surface area contributed by atoms with Gasteiger partial charge in [0.1, 0.15) is 5.41 Å². The highest BCUT2D eigenvalue weighted by Gasteiger charge is 2.55. The molecule has 2 rings (SSSR count). The molecule has 0 bridgehead atoms. The molecule has 1 aromatic carbocycles. The summed E-state index contributed by atoms with van der Waals surface area (Å²) in [5.74, 6) is -0.239. The number of nitrogens with two attached hydrogens (primary N) is 1. The van der Waals surface area contributed by atoms with Gasteiger partial charge in [0.05, 0.1) is 13.2 Å². The molecular weight excluding hydrogens is 342 g/mol. The number of esters is 1. The molecule has 4 nitrogen and oxygen atoms in total. The number of carbonyl (C=O) groups is 1. The Labute approximate surface area is 159 Å². The largest absolute Gasteiger partial charge is 0.468 e. The molecule has 0 amide bonds. The van der Waals surface area contributed by atoms with Crippen LogP contribution in [-0.2, 0) is 14.0 Å². The van der Waals surface area contributed by atoms with Crippen molar-refractivity contribution in [2.45, 2.75) is 76.7 Å². The van der Waals surface area contributed by atoms with Crippen LogP contribution < -0.4 is 5.73 Å². The molecule has 0 unspecified atom stereocenters. The number of carbonyl (C=O) groups excluding carboxylic acids is 1. The van der Waals surface area contributed by atoms with Crippen molar-refractivity contribution in [1.82, 2.24) is 0 Å². The van der Waals surface area contributed by atoms with Crippen LogP contribution in [0.4, 0.5) is 0 Å². The summed E-state index contributed by atoms with van der Waals surface area (Å²) < 4.78 is 12.1. The Morgan fingerprint density at radius 3 is 2.38 bits per heavy atom. The van der Waals surface area contributed by atoms with Crippen molar-refractivity contribution in [3.8, 4) is 0 Å². The second kappa shape index (κ2) is 7.83. The molecule has 146 valence electrons. The summed E-state index contributed by atoms with van der Waals surface area (Å²) in [6.07, 6.45) is 3.36. The van der Waals surface area contributed by atoms with E-state index in [-0.39, 0.29) is 17.1 Å². The lowest BCUT2D eigenvalue weighted by atomic mass is 9.65. The van der Waals surface area contributed by atoms with Crippen LogP contribution in [0.2, 0.25) is 18.1 Å². The van der Waals surface area contributed by atoms with E-state index < -0.39 is 19.8 Å². The minimum atomic E-state index is -2.05. The summed E-state index contributed by atoms with van der Waals surface area (Å²) in [4.78, 5) is 13.1. The van der Waals surface area contributed by atoms with Crippen LogP contribution in [0.25, 0.3) is 0 Å². The maximum Gasteiger partial charge on any atom is 0.316 e. The predicted octanol–water partition coefficient (Wildman–Crippen LogP) is 4.81. The third kappa shape index (κ3) is 3.90. The Balaban J connectivity index is 2.48. The van der Waals surface area contributed by atoms with Crippen LogP contribution in [0.5, 0.6) is 0 Å². The Bertz CT molecular complexity index is 611. The zero-order chi connectivity index (χ0) is 19.6. The Morgan fingerprint density at radius 1 is 1.23 bits per heavy atom. The average Bonchev–Trinajstić information content (AvgIpc) is 2.60. The minimum Gasteiger partial charge on any atom is -0.468 e. The number of hydrogen-bond acceptors (Lipinski definition) is 4. The third-order valence-corrected chi connectivity index (χ3v) is 10.9. The van der Waals surface area contributed by atoms with Crippen molar-refractivity contribution in [1.29, 1.82) is 0 Å². The lowest BCUT2D eigenvalue weighted by molar-refractivity contribution is -0.166. The van der Waals surface area contributed by atoms with Gasteiger partial charge in [-0.25, -0.2) is 0 Å². The van der Waals surface area contributed by atoms with Gasteiger partial charge in [-0.15, -0.1) is 0 Å². The number of benzene rings is 1. The zero-order valence-electron chi connectivity index (χ0n) is 17.2. The number of ether oxygens (including phenoxy) is 1. The summed E-state index contributed by atoms with van der Waals surface area (Å²) in [6, 6.07) is 9.44. The van der Waals surface area contributed by atoms with E-state index in [9.17, 15) is 4.79 Å². The van der Waals surface area contributed by atoms with Gasteiger partial charge >= 0.3 is 5.97 Å². The first-order valence-electron chi connectivity index (χ1n) is 9.63. The fourth-order valence-corrected chi connectivity index (χ4v) is 5.12. The molecule has 0 aliphatic heterocycles. The van der Waals surface area contributed by atoms with Crippen LogP contribution in [0.3, 0.4) is 0 Å². The first-order chi connectivity index (χ1) is 12.1. The van der Waals surface area contributed by atoms with Crippen LogP contribution in [0, 0.1) is 5.41 Å². The van der Waals surface area contributed by atoms with Gasteiger partial charge in [-0.3, -0.25) is 4.79 Å². The monoisotopic (exact) mass is 377 g/mol. The van der Waals surface area contributed by atoms with Gasteiger partial charge in [-0.1, -0.05) is 63.9 Å². The van der Waals surface area contributed by atoms with Crippen molar-refractivity contribution in [3.63, 3.8) is 0 Å². The van der Waals surface area contributed by atoms with Crippen molar-refractivity contribution in [2.24, 2.45) is 11.1 Å². The normalized spacial score (nSPS) is 25.6. The molecule has 1 aliphatic rings. The molecule has 1 aliphatic carbocycles. The quantitative estimate of drug-likeness (QED) is 0.591. The van der Waals surface area contributed by atoms with E-state index in [1.165, 1.54) is 7.11 Å². The average molecular weight is 378 g/mol. The Hall–Kier alpha value is -1.17. The maximum atomic E-state index is 13.1. The van der Waals surface area contributed by atoms with Crippen LogP contribution in [-0.4, -0.2) is 27.5 Å². The third-order valence-electron chi connectivity index (χ3n) is 6.40. The molecule has 0 aromatic heterocycles. The Kier molecular flexibility index (Phi) is 6.36. The number of methoxy groups -OCH3 is 1. The van der Waals surface area contributed by atoms with Crippen molar-refractivity contribution in [2.75, 3.05) is 7.11 Å². The van der Waals surface area contributed by atoms with E-state index in [4.69, 9.17) is 14.9 Å². The van der Waals surface area contributed by atoms with E-state index >= 15 is 0 Å². The van der Waals surface area contributed by atoms with Crippen LogP contribution >= 0.6 is 0 Å². The molecule has 1 fully saturated rings. The molecule has 0 radical (unpaired) electrons. The summed E-state index contributed by atoms with van der Waals surface area (Å²) in [7, 11) is -0.592. The topological polar surface area (TPSA) is 61.5 Å². The van der Waals surface area contributed by atoms with Gasteiger partial charge in [-0.05, 0) is 36.5 Å². The highest BCUT2D eigenvalue weighted by molar-refractivity contribution is 6.74. The van der Waals surface area contributed by atoms with Gasteiger partial charge in [0.15, 0.2) is 8.32 Å². The summed E-state index contributed by atoms with van der Waals surface area (Å²) >= 11 is 0. The van der Waals surface area contributed by atoms with E-state index in [1.807, 2.05) is 30.3 Å². The van der Waals surface area contributed by atoms with E-state index in [2.05, 4.69) is 33.9 Å². The zero-order valence-corrected chi connectivity index (χ0v) is 18.2. The minimum absolute atomic E-state index is 0.0726. The molecule has 1 aromatic rings. The maximum absolute atomic E-state index is 13.1. The van der Waals surface area contributed by atoms with Gasteiger partial charge in [0.2, 0.25) is 0 Å². The summed E-state index contributed by atoms with van der Waals surface area (Å²) in [5.41, 5.74) is 6.87. The standard InChI is InChI=1S/C21H35NO3Si/c1-20(2,3)26(5,6)25-17-14-10-11-15-21(17,19(23)24-4)18(22)16-12-8-7-9-13-16/h7-9,12-13,17-18H,10-11,14-15,22H2,1-6H3/t17-,18-,21-/m1/s1. The second-order valence-corrected chi connectivity index (χ2v) is 13.8. The van der Waals surface area contributed by atoms with E-state index in [0.29, 0.717) is 6.42 Å². The van der Waals surface area contributed by atoms with Gasteiger partial charge in [0, 0.05) is 6.04 Å². The highest BCUT2D eigenvalue weighted by Crippen LogP contribution is 2.50. The fraction of sp³-hybridized carbons (Fsp3) is 0.667. The first kappa shape index (κ1) is 21.1. The molecule has 26 heavy (non-hydrogen) atoms. The molecule has 0 heterocycles. The van der Waals surface area contributed by atoms with Gasteiger partial charge in [-0.2, -0.15) is 0 Å². The summed E-state index contributed by atoms with van der Waals surface area (Å²) in [5, 5.41) is 0.0726. The lowest BCUT2D eigenvalue weighted by Crippen LogP contribution is -2.57. The van der Waals surface area contributed by atoms with E-state index in [1.54, 1.807) is 0 Å². The SMILES string of the molecule is COC(=O)[C@]1([C@H](N)c2ccccc2)CCCC[C@H]1O[Si](C)(C)C(C)(C)C. The Morgan fingerprint density at radius 2 is 1.85 bits per heavy atom. The van der Waals surface area contributed by atoms with Crippen molar-refractivity contribution < 1.29 is 14.0 Å². The highest BCUT2D eigenvalue weighted by atomic mass is 28.4. The second-order valence-electron chi connectivity index (χ2n) is 9.03. The van der Waals surface area contributed by atoms with Crippen molar-refractivity contribution >= 4 is 14.3 Å².